The lowest BCUT2D eigenvalue weighted by Crippen LogP contribution is -2.36. The Hall–Kier alpha value is -2.19. The molecule has 1 rings (SSSR count). The van der Waals surface area contributed by atoms with Crippen molar-refractivity contribution >= 4 is 17.3 Å². The number of nitrogens with zero attached hydrogens (tertiary/aromatic N) is 2. The third kappa shape index (κ3) is 4.69. The number of hydrogen-bond acceptors (Lipinski definition) is 6. The van der Waals surface area contributed by atoms with E-state index in [0.717, 1.165) is 6.42 Å². The number of hydrogen-bond donors (Lipinski definition) is 3. The highest BCUT2D eigenvalue weighted by molar-refractivity contribution is 5.77. The maximum atomic E-state index is 11.5. The van der Waals surface area contributed by atoms with Gasteiger partial charge in [0.1, 0.15) is 5.69 Å². The van der Waals surface area contributed by atoms with E-state index in [0.29, 0.717) is 18.7 Å². The summed E-state index contributed by atoms with van der Waals surface area (Å²) in [7, 11) is 1.58. The van der Waals surface area contributed by atoms with Crippen molar-refractivity contribution in [3.05, 3.63) is 33.9 Å². The van der Waals surface area contributed by atoms with Crippen LogP contribution in [0, 0.1) is 10.1 Å². The second kappa shape index (κ2) is 8.18. The largest absolute Gasteiger partial charge is 0.358 e. The Morgan fingerprint density at radius 2 is 2.19 bits per heavy atom. The lowest BCUT2D eigenvalue weighted by Gasteiger charge is -2.22. The molecule has 0 unspecified atom stereocenters. The van der Waals surface area contributed by atoms with Gasteiger partial charge in [0.05, 0.1) is 11.5 Å². The van der Waals surface area contributed by atoms with Gasteiger partial charge >= 0.3 is 0 Å². The van der Waals surface area contributed by atoms with Crippen LogP contribution in [-0.4, -0.2) is 35.9 Å². The lowest BCUT2D eigenvalue weighted by atomic mass is 10.1. The number of amides is 1. The van der Waals surface area contributed by atoms with Gasteiger partial charge in [0.25, 0.3) is 5.69 Å². The van der Waals surface area contributed by atoms with Crippen LogP contribution in [0.3, 0.4) is 0 Å². The Bertz CT molecular complexity index is 507. The lowest BCUT2D eigenvalue weighted by molar-refractivity contribution is -0.384. The molecule has 0 fully saturated rings. The number of nitro benzene ring substituents is 1. The van der Waals surface area contributed by atoms with Gasteiger partial charge in [-0.25, -0.2) is 0 Å². The average Bonchev–Trinajstić information content (AvgIpc) is 2.46. The van der Waals surface area contributed by atoms with E-state index < -0.39 is 4.92 Å². The normalized spacial score (nSPS) is 10.5. The van der Waals surface area contributed by atoms with E-state index in [9.17, 15) is 14.9 Å². The Kier molecular flexibility index (Phi) is 6.57. The van der Waals surface area contributed by atoms with Crippen LogP contribution < -0.4 is 16.6 Å². The fraction of sp³-hybridized carbons (Fsp3) is 0.462. The monoisotopic (exact) mass is 295 g/mol. The van der Waals surface area contributed by atoms with E-state index in [1.54, 1.807) is 19.2 Å². The Labute approximate surface area is 123 Å². The molecule has 1 amide bonds. The minimum atomic E-state index is -0.485. The van der Waals surface area contributed by atoms with Crippen molar-refractivity contribution in [2.45, 2.75) is 19.9 Å². The summed E-state index contributed by atoms with van der Waals surface area (Å²) in [5, 5.41) is 13.6. The first-order valence-corrected chi connectivity index (χ1v) is 6.69. The second-order valence-electron chi connectivity index (χ2n) is 4.60. The third-order valence-corrected chi connectivity index (χ3v) is 3.05. The number of anilines is 1. The molecule has 0 aliphatic carbocycles. The Balaban J connectivity index is 3.00. The predicted molar refractivity (Wildman–Crippen MR) is 80.5 cm³/mol. The molecular formula is C13H21N5O3. The van der Waals surface area contributed by atoms with Gasteiger partial charge in [-0.2, -0.15) is 0 Å². The Morgan fingerprint density at radius 3 is 2.71 bits per heavy atom. The van der Waals surface area contributed by atoms with E-state index in [4.69, 9.17) is 5.84 Å². The first-order chi connectivity index (χ1) is 10.0. The molecule has 0 heterocycles. The number of nitrogens with one attached hydrogen (secondary N) is 2. The van der Waals surface area contributed by atoms with Crippen LogP contribution in [0.1, 0.15) is 18.9 Å². The molecule has 0 aromatic heterocycles. The molecular weight excluding hydrogens is 274 g/mol. The summed E-state index contributed by atoms with van der Waals surface area (Å²) < 4.78 is 0. The summed E-state index contributed by atoms with van der Waals surface area (Å²) in [5.74, 6) is 5.31. The molecule has 1 aromatic rings. The van der Waals surface area contributed by atoms with E-state index >= 15 is 0 Å². The molecule has 0 saturated heterocycles. The summed E-state index contributed by atoms with van der Waals surface area (Å²) in [5.41, 5.74) is 3.28. The highest BCUT2D eigenvalue weighted by Crippen LogP contribution is 2.28. The van der Waals surface area contributed by atoms with Crippen molar-refractivity contribution in [2.75, 3.05) is 25.6 Å². The first-order valence-electron chi connectivity index (χ1n) is 6.69. The van der Waals surface area contributed by atoms with Crippen molar-refractivity contribution in [1.82, 2.24) is 10.2 Å². The van der Waals surface area contributed by atoms with Gasteiger partial charge in [0, 0.05) is 19.7 Å². The van der Waals surface area contributed by atoms with Crippen LogP contribution in [0.15, 0.2) is 18.2 Å². The van der Waals surface area contributed by atoms with Gasteiger partial charge in [-0.15, -0.1) is 0 Å². The van der Waals surface area contributed by atoms with Crippen molar-refractivity contribution in [1.29, 1.82) is 0 Å². The number of nitro groups is 1. The molecule has 8 heteroatoms. The number of nitrogens with two attached hydrogens (primary N) is 1. The molecule has 21 heavy (non-hydrogen) atoms. The minimum Gasteiger partial charge on any atom is -0.358 e. The summed E-state index contributed by atoms with van der Waals surface area (Å²) in [6.45, 7) is 3.35. The van der Waals surface area contributed by atoms with E-state index in [1.807, 2.05) is 11.8 Å². The highest BCUT2D eigenvalue weighted by Gasteiger charge is 2.19. The first kappa shape index (κ1) is 16.9. The molecule has 0 saturated carbocycles. The predicted octanol–water partition coefficient (Wildman–Crippen LogP) is 0.838. The smallest absolute Gasteiger partial charge is 0.293 e. The summed E-state index contributed by atoms with van der Waals surface area (Å²) in [4.78, 5) is 23.9. The number of benzene rings is 1. The number of hydrazine groups is 1. The summed E-state index contributed by atoms with van der Waals surface area (Å²) >= 11 is 0. The maximum Gasteiger partial charge on any atom is 0.293 e. The van der Waals surface area contributed by atoms with E-state index in [1.165, 1.54) is 6.07 Å². The second-order valence-corrected chi connectivity index (χ2v) is 4.60. The molecule has 0 aliphatic rings. The van der Waals surface area contributed by atoms with Crippen LogP contribution in [0.2, 0.25) is 0 Å². The number of carbonyl (C=O) groups excluding carboxylic acids is 1. The third-order valence-electron chi connectivity index (χ3n) is 3.05. The van der Waals surface area contributed by atoms with Gasteiger partial charge in [0.2, 0.25) is 5.91 Å². The zero-order valence-corrected chi connectivity index (χ0v) is 12.3. The van der Waals surface area contributed by atoms with Crippen LogP contribution in [-0.2, 0) is 11.3 Å². The average molecular weight is 295 g/mol. The van der Waals surface area contributed by atoms with Crippen molar-refractivity contribution < 1.29 is 9.72 Å². The fourth-order valence-electron chi connectivity index (χ4n) is 2.09. The van der Waals surface area contributed by atoms with E-state index in [2.05, 4.69) is 10.7 Å². The van der Waals surface area contributed by atoms with Crippen LogP contribution in [0.25, 0.3) is 0 Å². The molecule has 0 spiro atoms. The van der Waals surface area contributed by atoms with Gasteiger partial charge in [-0.3, -0.25) is 25.7 Å². The maximum absolute atomic E-state index is 11.5. The summed E-state index contributed by atoms with van der Waals surface area (Å²) in [6.07, 6.45) is 0.872. The van der Waals surface area contributed by atoms with Crippen molar-refractivity contribution in [3.63, 3.8) is 0 Å². The Morgan fingerprint density at radius 1 is 1.48 bits per heavy atom. The van der Waals surface area contributed by atoms with Crippen molar-refractivity contribution in [2.24, 2.45) is 5.84 Å². The van der Waals surface area contributed by atoms with Gasteiger partial charge in [-0.1, -0.05) is 19.1 Å². The molecule has 1 aromatic carbocycles. The van der Waals surface area contributed by atoms with Gasteiger partial charge in [0.15, 0.2) is 0 Å². The van der Waals surface area contributed by atoms with Crippen LogP contribution in [0.5, 0.6) is 0 Å². The topological polar surface area (TPSA) is 114 Å². The molecule has 0 atom stereocenters. The molecule has 0 bridgehead atoms. The molecule has 0 radical (unpaired) electrons. The zero-order chi connectivity index (χ0) is 15.8. The van der Waals surface area contributed by atoms with Crippen molar-refractivity contribution in [3.8, 4) is 0 Å². The zero-order valence-electron chi connectivity index (χ0n) is 12.3. The number of nitrogen functional groups attached to an aromatic ring is 1. The van der Waals surface area contributed by atoms with Crippen LogP contribution >= 0.6 is 0 Å². The standard InChI is InChI=1S/C13H21N5O3/c1-3-7-17(9-12(19)15-2)8-10-5-4-6-11(18(20)21)13(10)16-14/h4-6,16H,3,7-9,14H2,1-2H3,(H,15,19). The minimum absolute atomic E-state index is 0.0774. The van der Waals surface area contributed by atoms with E-state index in [-0.39, 0.29) is 23.8 Å². The fourth-order valence-corrected chi connectivity index (χ4v) is 2.09. The summed E-state index contributed by atoms with van der Waals surface area (Å²) in [6, 6.07) is 4.76. The highest BCUT2D eigenvalue weighted by atomic mass is 16.6. The number of carbonyl (C=O) groups is 1. The van der Waals surface area contributed by atoms with Gasteiger partial charge < -0.3 is 10.7 Å². The molecule has 4 N–H and O–H groups in total. The quantitative estimate of drug-likeness (QED) is 0.372. The SMILES string of the molecule is CCCN(CC(=O)NC)Cc1cccc([N+](=O)[O-])c1NN. The molecule has 8 nitrogen and oxygen atoms in total. The molecule has 116 valence electrons. The van der Waals surface area contributed by atoms with Gasteiger partial charge in [-0.05, 0) is 18.5 Å². The van der Waals surface area contributed by atoms with Crippen LogP contribution in [0.4, 0.5) is 11.4 Å². The number of likely N-dealkylation sites (N-methyl/N-ethyl adjacent to an activating group) is 1. The molecule has 0 aliphatic heterocycles. The number of rotatable bonds is 8. The number of para-hydroxylation sites is 1.